The molecule has 2 fully saturated rings. The first-order valence-electron chi connectivity index (χ1n) is 6.40. The number of carbonyl (C=O) groups is 2. The van der Waals surface area contributed by atoms with Crippen LogP contribution in [0, 0.1) is 0 Å². The van der Waals surface area contributed by atoms with E-state index in [0.29, 0.717) is 25.9 Å². The summed E-state index contributed by atoms with van der Waals surface area (Å²) in [5, 5.41) is 15.1. The van der Waals surface area contributed by atoms with Crippen molar-refractivity contribution in [3.63, 3.8) is 0 Å². The zero-order valence-corrected chi connectivity index (χ0v) is 10.4. The number of amides is 4. The molecule has 4 amide bonds. The molecular formula is C11H20N4O3. The normalized spacial score (nSPS) is 16.8. The summed E-state index contributed by atoms with van der Waals surface area (Å²) in [4.78, 5) is 25.9. The molecule has 0 radical (unpaired) electrons. The van der Waals surface area contributed by atoms with Gasteiger partial charge < -0.3 is 25.5 Å². The molecule has 2 aliphatic rings. The molecular weight excluding hydrogens is 236 g/mol. The summed E-state index contributed by atoms with van der Waals surface area (Å²) >= 11 is 0. The van der Waals surface area contributed by atoms with Gasteiger partial charge in [0.05, 0.1) is 6.10 Å². The van der Waals surface area contributed by atoms with Crippen LogP contribution in [0.4, 0.5) is 9.59 Å². The Morgan fingerprint density at radius 3 is 1.67 bits per heavy atom. The predicted molar refractivity (Wildman–Crippen MR) is 65.2 cm³/mol. The molecule has 2 rings (SSSR count). The maximum atomic E-state index is 11.2. The quantitative estimate of drug-likeness (QED) is 0.543. The Bertz CT molecular complexity index is 285. The zero-order valence-electron chi connectivity index (χ0n) is 10.4. The number of hydrogen-bond donors (Lipinski definition) is 3. The first-order chi connectivity index (χ1) is 8.66. The van der Waals surface area contributed by atoms with Crippen LogP contribution in [-0.4, -0.2) is 72.3 Å². The van der Waals surface area contributed by atoms with Gasteiger partial charge in [0, 0.05) is 39.3 Å². The fraction of sp³-hybridized carbons (Fsp3) is 0.818. The molecule has 7 nitrogen and oxygen atoms in total. The van der Waals surface area contributed by atoms with Gasteiger partial charge >= 0.3 is 12.1 Å². The number of carbonyl (C=O) groups excluding carboxylic acids is 2. The van der Waals surface area contributed by atoms with Crippen LogP contribution in [0.1, 0.15) is 12.8 Å². The highest BCUT2D eigenvalue weighted by Gasteiger charge is 2.24. The van der Waals surface area contributed by atoms with Crippen LogP contribution in [0.25, 0.3) is 0 Å². The van der Waals surface area contributed by atoms with Gasteiger partial charge in [-0.2, -0.15) is 0 Å². The largest absolute Gasteiger partial charge is 0.393 e. The van der Waals surface area contributed by atoms with Crippen LogP contribution in [-0.2, 0) is 0 Å². The van der Waals surface area contributed by atoms with Crippen molar-refractivity contribution in [1.29, 1.82) is 0 Å². The van der Waals surface area contributed by atoms with E-state index in [1.54, 1.807) is 9.80 Å². The molecule has 0 atom stereocenters. The fourth-order valence-electron chi connectivity index (χ4n) is 1.57. The van der Waals surface area contributed by atoms with E-state index >= 15 is 0 Å². The molecule has 0 saturated carbocycles. The topological polar surface area (TPSA) is 84.5 Å². The second kappa shape index (κ2) is 5.90. The minimum absolute atomic E-state index is 0.0583. The third-order valence-corrected chi connectivity index (χ3v) is 2.98. The molecule has 0 unspecified atom stereocenters. The lowest BCUT2D eigenvalue weighted by Crippen LogP contribution is -2.33. The highest BCUT2D eigenvalue weighted by atomic mass is 16.3. The second-order valence-corrected chi connectivity index (χ2v) is 4.67. The highest BCUT2D eigenvalue weighted by molar-refractivity contribution is 5.76. The van der Waals surface area contributed by atoms with Gasteiger partial charge in [-0.25, -0.2) is 9.59 Å². The van der Waals surface area contributed by atoms with Crippen LogP contribution in [0.5, 0.6) is 0 Å². The monoisotopic (exact) mass is 256 g/mol. The zero-order chi connectivity index (χ0) is 13.0. The molecule has 0 bridgehead atoms. The molecule has 0 aromatic heterocycles. The van der Waals surface area contributed by atoms with Gasteiger partial charge in [0.25, 0.3) is 0 Å². The van der Waals surface area contributed by atoms with Gasteiger partial charge in [0.2, 0.25) is 0 Å². The fourth-order valence-corrected chi connectivity index (χ4v) is 1.57. The summed E-state index contributed by atoms with van der Waals surface area (Å²) < 4.78 is 0. The smallest absolute Gasteiger partial charge is 0.317 e. The number of hydrogen-bond acceptors (Lipinski definition) is 3. The van der Waals surface area contributed by atoms with Crippen molar-refractivity contribution in [2.24, 2.45) is 0 Å². The lowest BCUT2D eigenvalue weighted by Gasteiger charge is -2.12. The summed E-state index contributed by atoms with van der Waals surface area (Å²) in [6.45, 7) is 4.26. The van der Waals surface area contributed by atoms with E-state index in [2.05, 4.69) is 10.6 Å². The molecule has 0 aliphatic carbocycles. The second-order valence-electron chi connectivity index (χ2n) is 4.67. The molecule has 2 aliphatic heterocycles. The molecule has 2 heterocycles. The molecule has 0 aromatic rings. The summed E-state index contributed by atoms with van der Waals surface area (Å²) in [7, 11) is 0. The van der Waals surface area contributed by atoms with Crippen molar-refractivity contribution in [1.82, 2.24) is 20.4 Å². The Balaban J connectivity index is 1.45. The lowest BCUT2D eigenvalue weighted by atomic mass is 10.2. The number of aliphatic hydroxyl groups is 1. The average Bonchev–Trinajstić information content (AvgIpc) is 3.19. The van der Waals surface area contributed by atoms with Gasteiger partial charge in [-0.15, -0.1) is 0 Å². The number of urea groups is 2. The summed E-state index contributed by atoms with van der Waals surface area (Å²) in [6, 6.07) is -0.117. The van der Waals surface area contributed by atoms with Crippen LogP contribution in [0.15, 0.2) is 0 Å². The third kappa shape index (κ3) is 4.40. The SMILES string of the molecule is O=C(NCCC(O)CCNC(=O)N1CC1)N1CC1. The molecule has 0 aromatic carbocycles. The van der Waals surface area contributed by atoms with Gasteiger partial charge in [-0.1, -0.05) is 0 Å². The summed E-state index contributed by atoms with van der Waals surface area (Å²) in [6.07, 6.45) is 0.534. The van der Waals surface area contributed by atoms with Gasteiger partial charge in [-0.05, 0) is 12.8 Å². The molecule has 3 N–H and O–H groups in total. The summed E-state index contributed by atoms with van der Waals surface area (Å²) in [5.74, 6) is 0. The number of aliphatic hydroxyl groups excluding tert-OH is 1. The third-order valence-electron chi connectivity index (χ3n) is 2.98. The first kappa shape index (κ1) is 12.9. The maximum Gasteiger partial charge on any atom is 0.317 e. The number of rotatable bonds is 6. The van der Waals surface area contributed by atoms with Crippen molar-refractivity contribution >= 4 is 12.1 Å². The predicted octanol–water partition coefficient (Wildman–Crippen LogP) is -0.822. The van der Waals surface area contributed by atoms with Gasteiger partial charge in [0.15, 0.2) is 0 Å². The van der Waals surface area contributed by atoms with Gasteiger partial charge in [0.1, 0.15) is 0 Å². The average molecular weight is 256 g/mol. The van der Waals surface area contributed by atoms with Crippen molar-refractivity contribution in [2.75, 3.05) is 39.3 Å². The van der Waals surface area contributed by atoms with E-state index in [0.717, 1.165) is 26.2 Å². The Morgan fingerprint density at radius 2 is 1.33 bits per heavy atom. The van der Waals surface area contributed by atoms with E-state index in [9.17, 15) is 14.7 Å². The molecule has 102 valence electrons. The standard InChI is InChI=1S/C11H20N4O3/c16-9(1-3-12-10(17)14-5-6-14)2-4-13-11(18)15-7-8-15/h9,16H,1-8H2,(H,12,17)(H,13,18). The number of nitrogens with one attached hydrogen (secondary N) is 2. The van der Waals surface area contributed by atoms with Crippen LogP contribution in [0.2, 0.25) is 0 Å². The van der Waals surface area contributed by atoms with Crippen molar-refractivity contribution in [2.45, 2.75) is 18.9 Å². The highest BCUT2D eigenvalue weighted by Crippen LogP contribution is 2.04. The maximum absolute atomic E-state index is 11.2. The van der Waals surface area contributed by atoms with Crippen molar-refractivity contribution in [3.05, 3.63) is 0 Å². The molecule has 2 saturated heterocycles. The van der Waals surface area contributed by atoms with Crippen molar-refractivity contribution < 1.29 is 14.7 Å². The summed E-state index contributed by atoms with van der Waals surface area (Å²) in [5.41, 5.74) is 0. The Labute approximate surface area is 106 Å². The first-order valence-corrected chi connectivity index (χ1v) is 6.40. The minimum atomic E-state index is -0.492. The van der Waals surface area contributed by atoms with E-state index < -0.39 is 6.10 Å². The van der Waals surface area contributed by atoms with Crippen molar-refractivity contribution in [3.8, 4) is 0 Å². The van der Waals surface area contributed by atoms with E-state index in [1.807, 2.05) is 0 Å². The van der Waals surface area contributed by atoms with Crippen LogP contribution >= 0.6 is 0 Å². The minimum Gasteiger partial charge on any atom is -0.393 e. The van der Waals surface area contributed by atoms with Crippen LogP contribution < -0.4 is 10.6 Å². The van der Waals surface area contributed by atoms with E-state index in [-0.39, 0.29) is 12.1 Å². The Kier molecular flexibility index (Phi) is 4.24. The molecule has 18 heavy (non-hydrogen) atoms. The molecule has 0 spiro atoms. The van der Waals surface area contributed by atoms with E-state index in [1.165, 1.54) is 0 Å². The van der Waals surface area contributed by atoms with E-state index in [4.69, 9.17) is 0 Å². The Hall–Kier alpha value is -1.50. The molecule has 7 heteroatoms. The Morgan fingerprint density at radius 1 is 0.944 bits per heavy atom. The lowest BCUT2D eigenvalue weighted by molar-refractivity contribution is 0.153. The van der Waals surface area contributed by atoms with Gasteiger partial charge in [-0.3, -0.25) is 0 Å². The van der Waals surface area contributed by atoms with Crippen LogP contribution in [0.3, 0.4) is 0 Å². The number of nitrogens with zero attached hydrogens (tertiary/aromatic N) is 2.